The van der Waals surface area contributed by atoms with Crippen LogP contribution in [-0.4, -0.2) is 25.2 Å². The number of amides is 1. The molecule has 3 nitrogen and oxygen atoms in total. The largest absolute Gasteiger partial charge is 0.380 e. The van der Waals surface area contributed by atoms with E-state index in [1.807, 2.05) is 13.8 Å². The molecule has 0 radical (unpaired) electrons. The van der Waals surface area contributed by atoms with E-state index in [2.05, 4.69) is 5.32 Å². The molecule has 0 fully saturated rings. The highest BCUT2D eigenvalue weighted by Gasteiger charge is 2.14. The molecular weight excluding hydrogens is 257 g/mol. The molecule has 0 aliphatic heterocycles. The molecule has 0 heterocycles. The Morgan fingerprint density at radius 1 is 1.25 bits per heavy atom. The Morgan fingerprint density at radius 3 is 2.65 bits per heavy atom. The fraction of sp³-hybridized carbons (Fsp3) is 0.312. The summed E-state index contributed by atoms with van der Waals surface area (Å²) >= 11 is 0. The molecule has 1 amide bonds. The van der Waals surface area contributed by atoms with Crippen molar-refractivity contribution in [1.82, 2.24) is 5.32 Å². The van der Waals surface area contributed by atoms with Gasteiger partial charge in [-0.2, -0.15) is 0 Å². The Labute approximate surface area is 117 Å². The number of ether oxygens (including phenoxy) is 1. The first-order chi connectivity index (χ1) is 9.63. The summed E-state index contributed by atoms with van der Waals surface area (Å²) in [4.78, 5) is 12.3. The quantitative estimate of drug-likeness (QED) is 0.910. The summed E-state index contributed by atoms with van der Waals surface area (Å²) in [5.41, 5.74) is 0.477. The van der Waals surface area contributed by atoms with E-state index in [1.165, 1.54) is 12.1 Å². The molecule has 4 heteroatoms. The number of hydrogen-bond donors (Lipinski definition) is 1. The average molecular weight is 275 g/mol. The predicted octanol–water partition coefficient (Wildman–Crippen LogP) is 3.13. The molecule has 0 aliphatic carbocycles. The third kappa shape index (κ3) is 3.14. The molecule has 0 saturated heterocycles. The molecule has 0 spiro atoms. The highest BCUT2D eigenvalue weighted by Crippen LogP contribution is 2.21. The fourth-order valence-corrected chi connectivity index (χ4v) is 2.10. The van der Waals surface area contributed by atoms with Crippen molar-refractivity contribution in [3.05, 3.63) is 47.8 Å². The van der Waals surface area contributed by atoms with Crippen LogP contribution in [0, 0.1) is 5.82 Å². The molecule has 0 aromatic heterocycles. The standard InChI is InChI=1S/C16H18FNO2/c1-3-20-10-11(2)18-16(19)14-8-9-15(17)13-7-5-4-6-12(13)14/h4-9,11H,3,10H2,1-2H3,(H,18,19). The number of benzene rings is 2. The summed E-state index contributed by atoms with van der Waals surface area (Å²) in [7, 11) is 0. The number of nitrogens with one attached hydrogen (secondary N) is 1. The summed E-state index contributed by atoms with van der Waals surface area (Å²) in [5.74, 6) is -0.534. The van der Waals surface area contributed by atoms with Gasteiger partial charge in [-0.05, 0) is 31.4 Å². The minimum atomic E-state index is -0.320. The first-order valence-electron chi connectivity index (χ1n) is 6.69. The molecule has 1 atom stereocenters. The Hall–Kier alpha value is -1.94. The lowest BCUT2D eigenvalue weighted by atomic mass is 10.0. The number of halogens is 1. The molecule has 0 bridgehead atoms. The van der Waals surface area contributed by atoms with Gasteiger partial charge in [-0.1, -0.05) is 24.3 Å². The fourth-order valence-electron chi connectivity index (χ4n) is 2.10. The first kappa shape index (κ1) is 14.5. The number of carbonyl (C=O) groups is 1. The van der Waals surface area contributed by atoms with Gasteiger partial charge in [-0.15, -0.1) is 0 Å². The van der Waals surface area contributed by atoms with E-state index in [4.69, 9.17) is 4.74 Å². The van der Waals surface area contributed by atoms with E-state index in [0.29, 0.717) is 29.5 Å². The van der Waals surface area contributed by atoms with Crippen molar-refractivity contribution < 1.29 is 13.9 Å². The van der Waals surface area contributed by atoms with Crippen molar-refractivity contribution >= 4 is 16.7 Å². The van der Waals surface area contributed by atoms with Gasteiger partial charge in [0.2, 0.25) is 0 Å². The minimum absolute atomic E-state index is 0.0914. The Morgan fingerprint density at radius 2 is 1.95 bits per heavy atom. The summed E-state index contributed by atoms with van der Waals surface area (Å²) in [5, 5.41) is 3.93. The lowest BCUT2D eigenvalue weighted by molar-refractivity contribution is 0.0873. The Balaban J connectivity index is 2.24. The van der Waals surface area contributed by atoms with Gasteiger partial charge in [0.15, 0.2) is 0 Å². The third-order valence-corrected chi connectivity index (χ3v) is 3.06. The first-order valence-corrected chi connectivity index (χ1v) is 6.69. The van der Waals surface area contributed by atoms with Crippen molar-refractivity contribution in [1.29, 1.82) is 0 Å². The second kappa shape index (κ2) is 6.48. The zero-order chi connectivity index (χ0) is 14.5. The average Bonchev–Trinajstić information content (AvgIpc) is 2.45. The zero-order valence-corrected chi connectivity index (χ0v) is 11.7. The van der Waals surface area contributed by atoms with Crippen LogP contribution in [0.3, 0.4) is 0 Å². The van der Waals surface area contributed by atoms with Gasteiger partial charge in [0.05, 0.1) is 6.61 Å². The minimum Gasteiger partial charge on any atom is -0.380 e. The van der Waals surface area contributed by atoms with E-state index < -0.39 is 0 Å². The molecule has 1 unspecified atom stereocenters. The number of rotatable bonds is 5. The third-order valence-electron chi connectivity index (χ3n) is 3.06. The molecule has 20 heavy (non-hydrogen) atoms. The van der Waals surface area contributed by atoms with Gasteiger partial charge in [0.25, 0.3) is 5.91 Å². The zero-order valence-electron chi connectivity index (χ0n) is 11.7. The van der Waals surface area contributed by atoms with Crippen LogP contribution in [0.15, 0.2) is 36.4 Å². The second-order valence-electron chi connectivity index (χ2n) is 4.67. The van der Waals surface area contributed by atoms with Gasteiger partial charge in [-0.25, -0.2) is 4.39 Å². The molecule has 106 valence electrons. The van der Waals surface area contributed by atoms with Crippen LogP contribution in [0.4, 0.5) is 4.39 Å². The van der Waals surface area contributed by atoms with Gasteiger partial charge in [-0.3, -0.25) is 4.79 Å². The maximum Gasteiger partial charge on any atom is 0.252 e. The van der Waals surface area contributed by atoms with Crippen LogP contribution >= 0.6 is 0 Å². The maximum atomic E-state index is 13.7. The van der Waals surface area contributed by atoms with E-state index in [9.17, 15) is 9.18 Å². The van der Waals surface area contributed by atoms with Crippen molar-refractivity contribution in [2.24, 2.45) is 0 Å². The Kier molecular flexibility index (Phi) is 4.69. The number of carbonyl (C=O) groups excluding carboxylic acids is 1. The SMILES string of the molecule is CCOCC(C)NC(=O)c1ccc(F)c2ccccc12. The summed E-state index contributed by atoms with van der Waals surface area (Å²) in [6.07, 6.45) is 0. The molecule has 2 aromatic carbocycles. The molecule has 1 N–H and O–H groups in total. The van der Waals surface area contributed by atoms with Crippen LogP contribution in [0.25, 0.3) is 10.8 Å². The van der Waals surface area contributed by atoms with Crippen molar-refractivity contribution in [2.75, 3.05) is 13.2 Å². The van der Waals surface area contributed by atoms with Gasteiger partial charge < -0.3 is 10.1 Å². The maximum absolute atomic E-state index is 13.7. The van der Waals surface area contributed by atoms with E-state index in [0.717, 1.165) is 0 Å². The lowest BCUT2D eigenvalue weighted by Gasteiger charge is -2.14. The molecule has 2 aromatic rings. The topological polar surface area (TPSA) is 38.3 Å². The summed E-state index contributed by atoms with van der Waals surface area (Å²) in [6, 6.07) is 9.72. The normalized spacial score (nSPS) is 12.3. The van der Waals surface area contributed by atoms with Crippen molar-refractivity contribution in [3.8, 4) is 0 Å². The Bertz CT molecular complexity index is 612. The number of hydrogen-bond acceptors (Lipinski definition) is 2. The van der Waals surface area contributed by atoms with Gasteiger partial charge in [0, 0.05) is 23.6 Å². The smallest absolute Gasteiger partial charge is 0.252 e. The van der Waals surface area contributed by atoms with E-state index in [-0.39, 0.29) is 17.8 Å². The van der Waals surface area contributed by atoms with Gasteiger partial charge >= 0.3 is 0 Å². The van der Waals surface area contributed by atoms with E-state index in [1.54, 1.807) is 24.3 Å². The summed E-state index contributed by atoms with van der Waals surface area (Å²) in [6.45, 7) is 4.85. The van der Waals surface area contributed by atoms with Crippen LogP contribution < -0.4 is 5.32 Å². The molecule has 0 saturated carbocycles. The molecule has 0 aliphatic rings. The van der Waals surface area contributed by atoms with Crippen molar-refractivity contribution in [2.45, 2.75) is 19.9 Å². The highest BCUT2D eigenvalue weighted by atomic mass is 19.1. The van der Waals surface area contributed by atoms with Gasteiger partial charge in [0.1, 0.15) is 5.82 Å². The van der Waals surface area contributed by atoms with Crippen LogP contribution in [0.1, 0.15) is 24.2 Å². The molecular formula is C16H18FNO2. The second-order valence-corrected chi connectivity index (χ2v) is 4.67. The molecule has 2 rings (SSSR count). The van der Waals surface area contributed by atoms with Crippen LogP contribution in [0.2, 0.25) is 0 Å². The monoisotopic (exact) mass is 275 g/mol. The summed E-state index contributed by atoms with van der Waals surface area (Å²) < 4.78 is 19.0. The lowest BCUT2D eigenvalue weighted by Crippen LogP contribution is -2.36. The van der Waals surface area contributed by atoms with Crippen LogP contribution in [0.5, 0.6) is 0 Å². The number of fused-ring (bicyclic) bond motifs is 1. The van der Waals surface area contributed by atoms with Crippen LogP contribution in [-0.2, 0) is 4.74 Å². The van der Waals surface area contributed by atoms with E-state index >= 15 is 0 Å². The highest BCUT2D eigenvalue weighted by molar-refractivity contribution is 6.07. The van der Waals surface area contributed by atoms with Crippen molar-refractivity contribution in [3.63, 3.8) is 0 Å². The predicted molar refractivity (Wildman–Crippen MR) is 77.3 cm³/mol.